The minimum Gasteiger partial charge on any atom is -0.209 e. The molecule has 0 saturated heterocycles. The average molecular weight is 308 g/mol. The summed E-state index contributed by atoms with van der Waals surface area (Å²) in [6, 6.07) is 1.01. The molecule has 0 radical (unpaired) electrons. The lowest BCUT2D eigenvalue weighted by molar-refractivity contribution is -0.447. The van der Waals surface area contributed by atoms with E-state index in [-0.39, 0.29) is 18.1 Å². The third kappa shape index (κ3) is 4.90. The van der Waals surface area contributed by atoms with E-state index in [4.69, 9.17) is 0 Å². The Morgan fingerprint density at radius 3 is 1.74 bits per heavy atom. The third-order valence-corrected chi connectivity index (χ3v) is 2.34. The number of hydrogen-bond acceptors (Lipinski definition) is 4. The molecule has 0 bridgehead atoms. The molecule has 19 heavy (non-hydrogen) atoms. The Morgan fingerprint density at radius 2 is 1.37 bits per heavy atom. The summed E-state index contributed by atoms with van der Waals surface area (Å²) in [6.07, 6.45) is -9.81. The van der Waals surface area contributed by atoms with Crippen LogP contribution in [0, 0.1) is 0 Å². The summed E-state index contributed by atoms with van der Waals surface area (Å²) in [4.78, 5) is 3.54. The van der Waals surface area contributed by atoms with Crippen LogP contribution in [0.2, 0.25) is 0 Å². The van der Waals surface area contributed by atoms with Crippen molar-refractivity contribution in [1.29, 1.82) is 0 Å². The molecule has 0 aliphatic carbocycles. The van der Waals surface area contributed by atoms with Gasteiger partial charge in [-0.15, -0.1) is 4.33 Å². The Bertz CT molecular complexity index is 399. The van der Waals surface area contributed by atoms with Gasteiger partial charge in [-0.1, -0.05) is 5.04 Å². The zero-order chi connectivity index (χ0) is 14.7. The Morgan fingerprint density at radius 1 is 0.895 bits per heavy atom. The van der Waals surface area contributed by atoms with Gasteiger partial charge in [-0.25, -0.2) is 4.89 Å². The quantitative estimate of drug-likeness (QED) is 0.273. The number of hydrogen-bond donors (Lipinski definition) is 0. The standard InChI is InChI=1S/C9H6F6O3S/c1-16-17-18-19-7-3-5(8(10,11)12)2-6(4-7)9(13,14)15/h2-4H,1H3. The van der Waals surface area contributed by atoms with Crippen molar-refractivity contribution < 1.29 is 40.6 Å². The van der Waals surface area contributed by atoms with E-state index < -0.39 is 28.4 Å². The predicted molar refractivity (Wildman–Crippen MR) is 51.5 cm³/mol. The molecule has 3 nitrogen and oxygen atoms in total. The molecule has 108 valence electrons. The molecule has 0 saturated carbocycles. The van der Waals surface area contributed by atoms with Crippen LogP contribution >= 0.6 is 12.0 Å². The van der Waals surface area contributed by atoms with Gasteiger partial charge in [-0.3, -0.25) is 0 Å². The highest BCUT2D eigenvalue weighted by atomic mass is 32.2. The van der Waals surface area contributed by atoms with E-state index in [1.54, 1.807) is 0 Å². The SMILES string of the molecule is COOOSc1cc(C(F)(F)F)cc(C(F)(F)F)c1. The molecule has 0 amide bonds. The zero-order valence-electron chi connectivity index (χ0n) is 9.13. The number of benzene rings is 1. The zero-order valence-corrected chi connectivity index (χ0v) is 9.95. The molecule has 10 heteroatoms. The molecule has 0 spiro atoms. The van der Waals surface area contributed by atoms with Gasteiger partial charge >= 0.3 is 12.4 Å². The molecule has 0 unspecified atom stereocenters. The number of halogens is 6. The van der Waals surface area contributed by atoms with E-state index in [9.17, 15) is 26.3 Å². The lowest BCUT2D eigenvalue weighted by Gasteiger charge is -2.13. The molecule has 1 aromatic rings. The van der Waals surface area contributed by atoms with Crippen LogP contribution in [0.4, 0.5) is 26.3 Å². The maximum absolute atomic E-state index is 12.5. The lowest BCUT2D eigenvalue weighted by Crippen LogP contribution is -2.11. The van der Waals surface area contributed by atoms with Crippen molar-refractivity contribution >= 4 is 12.0 Å². The second kappa shape index (κ2) is 5.99. The van der Waals surface area contributed by atoms with Gasteiger partial charge in [-0.2, -0.15) is 26.3 Å². The molecule has 0 atom stereocenters. The second-order valence-electron chi connectivity index (χ2n) is 3.13. The monoisotopic (exact) mass is 308 g/mol. The summed E-state index contributed by atoms with van der Waals surface area (Å²) in [5.74, 6) is 0. The van der Waals surface area contributed by atoms with Crippen molar-refractivity contribution in [2.75, 3.05) is 7.11 Å². The smallest absolute Gasteiger partial charge is 0.209 e. The molecule has 1 rings (SSSR count). The van der Waals surface area contributed by atoms with Crippen LogP contribution in [-0.4, -0.2) is 7.11 Å². The Labute approximate surface area is 107 Å². The van der Waals surface area contributed by atoms with Gasteiger partial charge in [0, 0.05) is 4.90 Å². The van der Waals surface area contributed by atoms with Crippen molar-refractivity contribution in [3.05, 3.63) is 29.3 Å². The highest BCUT2D eigenvalue weighted by molar-refractivity contribution is 7.94. The Hall–Kier alpha value is -0.970. The molecule has 1 aromatic carbocycles. The van der Waals surface area contributed by atoms with E-state index in [1.165, 1.54) is 0 Å². The van der Waals surface area contributed by atoms with Gasteiger partial charge < -0.3 is 0 Å². The largest absolute Gasteiger partial charge is 0.416 e. The predicted octanol–water partition coefficient (Wildman–Crippen LogP) is 4.24. The van der Waals surface area contributed by atoms with Gasteiger partial charge in [0.15, 0.2) is 0 Å². The van der Waals surface area contributed by atoms with Crippen LogP contribution in [-0.2, 0) is 26.6 Å². The Balaban J connectivity index is 3.10. The molecule has 0 aliphatic heterocycles. The summed E-state index contributed by atoms with van der Waals surface area (Å²) in [5, 5.41) is 3.89. The van der Waals surface area contributed by atoms with Gasteiger partial charge in [0.05, 0.1) is 30.3 Å². The summed E-state index contributed by atoms with van der Waals surface area (Å²) >= 11 is 0.158. The summed E-state index contributed by atoms with van der Waals surface area (Å²) < 4.78 is 78.9. The van der Waals surface area contributed by atoms with Crippen molar-refractivity contribution in [2.24, 2.45) is 0 Å². The van der Waals surface area contributed by atoms with E-state index in [2.05, 4.69) is 14.3 Å². The first kappa shape index (κ1) is 16.1. The van der Waals surface area contributed by atoms with Crippen LogP contribution < -0.4 is 0 Å². The molecular formula is C9H6F6O3S. The summed E-state index contributed by atoms with van der Waals surface area (Å²) in [7, 11) is 1.05. The lowest BCUT2D eigenvalue weighted by atomic mass is 10.1. The van der Waals surface area contributed by atoms with E-state index in [0.717, 1.165) is 7.11 Å². The average Bonchev–Trinajstić information content (AvgIpc) is 2.27. The van der Waals surface area contributed by atoms with E-state index >= 15 is 0 Å². The normalized spacial score (nSPS) is 12.8. The maximum atomic E-state index is 12.5. The van der Waals surface area contributed by atoms with Crippen molar-refractivity contribution in [2.45, 2.75) is 17.2 Å². The third-order valence-electron chi connectivity index (χ3n) is 1.79. The minimum atomic E-state index is -4.90. The molecule has 0 aromatic heterocycles. The highest BCUT2D eigenvalue weighted by Gasteiger charge is 2.37. The van der Waals surface area contributed by atoms with Crippen molar-refractivity contribution in [3.63, 3.8) is 0 Å². The van der Waals surface area contributed by atoms with Gasteiger partial charge in [0.2, 0.25) is 0 Å². The highest BCUT2D eigenvalue weighted by Crippen LogP contribution is 2.38. The van der Waals surface area contributed by atoms with Crippen LogP contribution in [0.15, 0.2) is 23.1 Å². The maximum Gasteiger partial charge on any atom is 0.416 e. The Kier molecular flexibility index (Phi) is 5.07. The molecule has 0 heterocycles. The number of alkyl halides is 6. The first-order valence-corrected chi connectivity index (χ1v) is 5.22. The van der Waals surface area contributed by atoms with Crippen LogP contribution in [0.25, 0.3) is 0 Å². The fourth-order valence-corrected chi connectivity index (χ4v) is 1.57. The van der Waals surface area contributed by atoms with Gasteiger partial charge in [-0.05, 0) is 18.2 Å². The number of rotatable bonds is 4. The van der Waals surface area contributed by atoms with Gasteiger partial charge in [0.1, 0.15) is 0 Å². The second-order valence-corrected chi connectivity index (χ2v) is 3.90. The minimum absolute atomic E-state index is 0.0151. The fourth-order valence-electron chi connectivity index (χ4n) is 1.06. The van der Waals surface area contributed by atoms with Crippen LogP contribution in [0.3, 0.4) is 0 Å². The summed E-state index contributed by atoms with van der Waals surface area (Å²) in [6.45, 7) is 0. The van der Waals surface area contributed by atoms with Gasteiger partial charge in [0.25, 0.3) is 0 Å². The van der Waals surface area contributed by atoms with E-state index in [1.807, 2.05) is 0 Å². The van der Waals surface area contributed by atoms with E-state index in [0.29, 0.717) is 12.1 Å². The first-order valence-electron chi connectivity index (χ1n) is 4.48. The van der Waals surface area contributed by atoms with Crippen molar-refractivity contribution in [1.82, 2.24) is 0 Å². The molecule has 0 N–H and O–H groups in total. The molecular weight excluding hydrogens is 302 g/mol. The van der Waals surface area contributed by atoms with Crippen molar-refractivity contribution in [3.8, 4) is 0 Å². The fraction of sp³-hybridized carbons (Fsp3) is 0.333. The van der Waals surface area contributed by atoms with Crippen LogP contribution in [0.1, 0.15) is 11.1 Å². The summed E-state index contributed by atoms with van der Waals surface area (Å²) in [5.41, 5.74) is -2.88. The molecule has 0 fully saturated rings. The van der Waals surface area contributed by atoms with Crippen LogP contribution in [0.5, 0.6) is 0 Å². The molecule has 0 aliphatic rings. The first-order chi connectivity index (χ1) is 8.64. The topological polar surface area (TPSA) is 27.7 Å².